The predicted molar refractivity (Wildman–Crippen MR) is 78.6 cm³/mol. The highest BCUT2D eigenvalue weighted by atomic mass is 15.0. The van der Waals surface area contributed by atoms with Gasteiger partial charge in [-0.3, -0.25) is 0 Å². The van der Waals surface area contributed by atoms with Crippen LogP contribution in [0.5, 0.6) is 0 Å². The second-order valence-corrected chi connectivity index (χ2v) is 6.50. The summed E-state index contributed by atoms with van der Waals surface area (Å²) >= 11 is 0. The van der Waals surface area contributed by atoms with Crippen LogP contribution < -0.4 is 5.32 Å². The first-order chi connectivity index (χ1) is 8.61. The van der Waals surface area contributed by atoms with Crippen molar-refractivity contribution in [1.82, 2.24) is 5.32 Å². The predicted octanol–water partition coefficient (Wildman–Crippen LogP) is 4.70. The van der Waals surface area contributed by atoms with Crippen molar-refractivity contribution in [2.45, 2.75) is 65.0 Å². The molecule has 1 fully saturated rings. The van der Waals surface area contributed by atoms with E-state index in [2.05, 4.69) is 56.4 Å². The van der Waals surface area contributed by atoms with Crippen LogP contribution in [0.4, 0.5) is 0 Å². The van der Waals surface area contributed by atoms with Crippen molar-refractivity contribution in [2.75, 3.05) is 0 Å². The Hall–Kier alpha value is -0.820. The average Bonchev–Trinajstić information content (AvgIpc) is 2.36. The SMILES string of the molecule is CCC(NC1CCCC(C)(C)C1)c1ccccc1. The van der Waals surface area contributed by atoms with Gasteiger partial charge >= 0.3 is 0 Å². The van der Waals surface area contributed by atoms with E-state index in [4.69, 9.17) is 0 Å². The maximum absolute atomic E-state index is 3.88. The van der Waals surface area contributed by atoms with Crippen molar-refractivity contribution in [3.8, 4) is 0 Å². The molecule has 1 aromatic rings. The van der Waals surface area contributed by atoms with Crippen LogP contribution in [0.25, 0.3) is 0 Å². The Morgan fingerprint density at radius 3 is 2.61 bits per heavy atom. The van der Waals surface area contributed by atoms with Crippen molar-refractivity contribution in [3.63, 3.8) is 0 Å². The smallest absolute Gasteiger partial charge is 0.0320 e. The molecule has 2 rings (SSSR count). The molecule has 1 aromatic carbocycles. The number of nitrogens with one attached hydrogen (secondary N) is 1. The minimum absolute atomic E-state index is 0.519. The van der Waals surface area contributed by atoms with E-state index in [9.17, 15) is 0 Å². The lowest BCUT2D eigenvalue weighted by molar-refractivity contribution is 0.188. The van der Waals surface area contributed by atoms with Crippen molar-refractivity contribution >= 4 is 0 Å². The van der Waals surface area contributed by atoms with Crippen LogP contribution in [-0.2, 0) is 0 Å². The molecule has 2 atom stereocenters. The molecule has 1 N–H and O–H groups in total. The normalized spacial score (nSPS) is 24.7. The highest BCUT2D eigenvalue weighted by Crippen LogP contribution is 2.36. The van der Waals surface area contributed by atoms with E-state index >= 15 is 0 Å². The van der Waals surface area contributed by atoms with Crippen LogP contribution in [0.15, 0.2) is 30.3 Å². The van der Waals surface area contributed by atoms with Gasteiger partial charge in [-0.15, -0.1) is 0 Å². The van der Waals surface area contributed by atoms with E-state index in [1.54, 1.807) is 0 Å². The number of benzene rings is 1. The van der Waals surface area contributed by atoms with E-state index in [-0.39, 0.29) is 0 Å². The molecule has 0 amide bonds. The van der Waals surface area contributed by atoms with E-state index in [1.165, 1.54) is 37.7 Å². The zero-order valence-corrected chi connectivity index (χ0v) is 12.1. The summed E-state index contributed by atoms with van der Waals surface area (Å²) in [6, 6.07) is 12.1. The molecule has 0 spiro atoms. The first kappa shape index (κ1) is 13.6. The van der Waals surface area contributed by atoms with Crippen molar-refractivity contribution in [1.29, 1.82) is 0 Å². The monoisotopic (exact) mass is 245 g/mol. The third-order valence-electron chi connectivity index (χ3n) is 4.25. The fraction of sp³-hybridized carbons (Fsp3) is 0.647. The summed E-state index contributed by atoms with van der Waals surface area (Å²) in [5, 5.41) is 3.88. The van der Waals surface area contributed by atoms with Gasteiger partial charge in [0.1, 0.15) is 0 Å². The summed E-state index contributed by atoms with van der Waals surface area (Å²) in [5.41, 5.74) is 1.95. The zero-order chi connectivity index (χ0) is 13.0. The third kappa shape index (κ3) is 3.58. The van der Waals surface area contributed by atoms with Gasteiger partial charge < -0.3 is 5.32 Å². The molecule has 0 aliphatic heterocycles. The fourth-order valence-corrected chi connectivity index (χ4v) is 3.26. The molecule has 1 aliphatic rings. The Morgan fingerprint density at radius 2 is 2.00 bits per heavy atom. The van der Waals surface area contributed by atoms with Crippen LogP contribution in [-0.4, -0.2) is 6.04 Å². The third-order valence-corrected chi connectivity index (χ3v) is 4.25. The van der Waals surface area contributed by atoms with Crippen molar-refractivity contribution < 1.29 is 0 Å². The quantitative estimate of drug-likeness (QED) is 0.811. The van der Waals surface area contributed by atoms with Crippen LogP contribution in [0.3, 0.4) is 0 Å². The van der Waals surface area contributed by atoms with E-state index in [1.807, 2.05) is 0 Å². The Bertz CT molecular complexity index is 355. The minimum atomic E-state index is 0.519. The lowest BCUT2D eigenvalue weighted by atomic mass is 9.75. The summed E-state index contributed by atoms with van der Waals surface area (Å²) < 4.78 is 0. The second-order valence-electron chi connectivity index (χ2n) is 6.50. The summed E-state index contributed by atoms with van der Waals surface area (Å²) in [6.45, 7) is 7.09. The molecule has 2 unspecified atom stereocenters. The molecule has 0 heterocycles. The van der Waals surface area contributed by atoms with Gasteiger partial charge in [-0.05, 0) is 36.7 Å². The molecule has 0 radical (unpaired) electrons. The lowest BCUT2D eigenvalue weighted by Gasteiger charge is -2.37. The van der Waals surface area contributed by atoms with Crippen LogP contribution in [0, 0.1) is 5.41 Å². The minimum Gasteiger partial charge on any atom is -0.307 e. The molecule has 0 bridgehead atoms. The molecular weight excluding hydrogens is 218 g/mol. The van der Waals surface area contributed by atoms with Gasteiger partial charge in [0.15, 0.2) is 0 Å². The van der Waals surface area contributed by atoms with Gasteiger partial charge in [0.05, 0.1) is 0 Å². The van der Waals surface area contributed by atoms with Crippen LogP contribution in [0.1, 0.15) is 64.5 Å². The van der Waals surface area contributed by atoms with Gasteiger partial charge in [0.2, 0.25) is 0 Å². The van der Waals surface area contributed by atoms with Gasteiger partial charge in [-0.1, -0.05) is 57.5 Å². The van der Waals surface area contributed by atoms with Gasteiger partial charge in [0, 0.05) is 12.1 Å². The topological polar surface area (TPSA) is 12.0 Å². The van der Waals surface area contributed by atoms with Gasteiger partial charge in [-0.25, -0.2) is 0 Å². The molecular formula is C17H27N. The first-order valence-electron chi connectivity index (χ1n) is 7.42. The summed E-state index contributed by atoms with van der Waals surface area (Å²) in [5.74, 6) is 0. The fourth-order valence-electron chi connectivity index (χ4n) is 3.26. The van der Waals surface area contributed by atoms with Crippen molar-refractivity contribution in [2.24, 2.45) is 5.41 Å². The molecule has 0 saturated heterocycles. The molecule has 1 nitrogen and oxygen atoms in total. The highest BCUT2D eigenvalue weighted by Gasteiger charge is 2.28. The van der Waals surface area contributed by atoms with E-state index in [0.717, 1.165) is 0 Å². The molecule has 18 heavy (non-hydrogen) atoms. The Kier molecular flexibility index (Phi) is 4.45. The molecule has 1 heteroatoms. The maximum atomic E-state index is 3.88. The molecule has 1 saturated carbocycles. The number of hydrogen-bond acceptors (Lipinski definition) is 1. The Balaban J connectivity index is 1.98. The zero-order valence-electron chi connectivity index (χ0n) is 12.1. The molecule has 0 aromatic heterocycles. The lowest BCUT2D eigenvalue weighted by Crippen LogP contribution is -2.39. The Morgan fingerprint density at radius 1 is 1.28 bits per heavy atom. The maximum Gasteiger partial charge on any atom is 0.0320 e. The summed E-state index contributed by atoms with van der Waals surface area (Å²) in [7, 11) is 0. The molecule has 1 aliphatic carbocycles. The van der Waals surface area contributed by atoms with Crippen LogP contribution >= 0.6 is 0 Å². The van der Waals surface area contributed by atoms with Crippen molar-refractivity contribution in [3.05, 3.63) is 35.9 Å². The first-order valence-corrected chi connectivity index (χ1v) is 7.42. The summed E-state index contributed by atoms with van der Waals surface area (Å²) in [4.78, 5) is 0. The average molecular weight is 245 g/mol. The van der Waals surface area contributed by atoms with E-state index < -0.39 is 0 Å². The van der Waals surface area contributed by atoms with E-state index in [0.29, 0.717) is 17.5 Å². The van der Waals surface area contributed by atoms with Gasteiger partial charge in [0.25, 0.3) is 0 Å². The van der Waals surface area contributed by atoms with Crippen LogP contribution in [0.2, 0.25) is 0 Å². The highest BCUT2D eigenvalue weighted by molar-refractivity contribution is 5.18. The summed E-state index contributed by atoms with van der Waals surface area (Å²) in [6.07, 6.45) is 6.58. The standard InChI is InChI=1S/C17H27N/c1-4-16(14-9-6-5-7-10-14)18-15-11-8-12-17(2,3)13-15/h5-7,9-10,15-16,18H,4,8,11-13H2,1-3H3. The largest absolute Gasteiger partial charge is 0.307 e. The number of rotatable bonds is 4. The Labute approximate surface area is 112 Å². The number of hydrogen-bond donors (Lipinski definition) is 1. The molecule has 100 valence electrons. The second kappa shape index (κ2) is 5.88. The van der Waals surface area contributed by atoms with Gasteiger partial charge in [-0.2, -0.15) is 0 Å².